The predicted molar refractivity (Wildman–Crippen MR) is 69.3 cm³/mol. The van der Waals surface area contributed by atoms with E-state index in [-0.39, 0.29) is 0 Å². The van der Waals surface area contributed by atoms with Gasteiger partial charge in [-0.3, -0.25) is 0 Å². The highest BCUT2D eigenvalue weighted by Gasteiger charge is 2.11. The van der Waals surface area contributed by atoms with Gasteiger partial charge in [0, 0.05) is 5.56 Å². The molecule has 1 aromatic heterocycles. The van der Waals surface area contributed by atoms with Gasteiger partial charge >= 0.3 is 0 Å². The molecule has 0 atom stereocenters. The van der Waals surface area contributed by atoms with Crippen molar-refractivity contribution in [1.82, 2.24) is 20.2 Å². The third-order valence-electron chi connectivity index (χ3n) is 2.86. The maximum absolute atomic E-state index is 4.13. The van der Waals surface area contributed by atoms with E-state index in [2.05, 4.69) is 28.5 Å². The topological polar surface area (TPSA) is 43.6 Å². The summed E-state index contributed by atoms with van der Waals surface area (Å²) in [5.74, 6) is 0.763. The molecule has 0 amide bonds. The highest BCUT2D eigenvalue weighted by molar-refractivity contribution is 5.61. The summed E-state index contributed by atoms with van der Waals surface area (Å²) in [6, 6.07) is 18.0. The first-order valence-electron chi connectivity index (χ1n) is 5.76. The Morgan fingerprint density at radius 2 is 1.61 bits per heavy atom. The second kappa shape index (κ2) is 4.41. The molecule has 1 heterocycles. The Hall–Kier alpha value is -2.49. The number of aryl methyl sites for hydroxylation is 1. The van der Waals surface area contributed by atoms with Gasteiger partial charge in [0.15, 0.2) is 5.82 Å². The molecule has 3 aromatic rings. The molecule has 0 spiro atoms. The molecule has 0 aliphatic heterocycles. The standard InChI is InChI=1S/C14H12N4/c1-11-7-5-6-10-13(11)14-15-16-17-18(14)12-8-3-2-4-9-12/h2-10H,1H3. The van der Waals surface area contributed by atoms with Crippen molar-refractivity contribution in [3.05, 3.63) is 60.2 Å². The third kappa shape index (κ3) is 1.78. The second-order valence-electron chi connectivity index (χ2n) is 4.06. The zero-order valence-electron chi connectivity index (χ0n) is 9.99. The van der Waals surface area contributed by atoms with E-state index in [0.29, 0.717) is 0 Å². The maximum Gasteiger partial charge on any atom is 0.187 e. The van der Waals surface area contributed by atoms with E-state index < -0.39 is 0 Å². The van der Waals surface area contributed by atoms with E-state index in [9.17, 15) is 0 Å². The number of aromatic nitrogens is 4. The summed E-state index contributed by atoms with van der Waals surface area (Å²) in [6.07, 6.45) is 0. The summed E-state index contributed by atoms with van der Waals surface area (Å²) < 4.78 is 1.75. The van der Waals surface area contributed by atoms with Gasteiger partial charge in [-0.15, -0.1) is 5.10 Å². The van der Waals surface area contributed by atoms with Crippen LogP contribution in [0.3, 0.4) is 0 Å². The molecule has 0 aliphatic rings. The quantitative estimate of drug-likeness (QED) is 0.687. The van der Waals surface area contributed by atoms with Crippen molar-refractivity contribution in [3.8, 4) is 17.1 Å². The van der Waals surface area contributed by atoms with Crippen molar-refractivity contribution >= 4 is 0 Å². The Balaban J connectivity index is 2.16. The lowest BCUT2D eigenvalue weighted by atomic mass is 10.1. The molecule has 3 rings (SSSR count). The summed E-state index contributed by atoms with van der Waals surface area (Å²) >= 11 is 0. The van der Waals surface area contributed by atoms with Crippen molar-refractivity contribution in [2.45, 2.75) is 6.92 Å². The van der Waals surface area contributed by atoms with Crippen molar-refractivity contribution in [2.24, 2.45) is 0 Å². The Bertz CT molecular complexity index is 658. The molecule has 88 valence electrons. The minimum absolute atomic E-state index is 0.763. The minimum atomic E-state index is 0.763. The molecule has 0 N–H and O–H groups in total. The predicted octanol–water partition coefficient (Wildman–Crippen LogP) is 2.64. The lowest BCUT2D eigenvalue weighted by Gasteiger charge is -2.06. The number of hydrogen-bond acceptors (Lipinski definition) is 3. The van der Waals surface area contributed by atoms with E-state index in [4.69, 9.17) is 0 Å². The van der Waals surface area contributed by atoms with Crippen LogP contribution >= 0.6 is 0 Å². The lowest BCUT2D eigenvalue weighted by molar-refractivity contribution is 0.791. The summed E-state index contributed by atoms with van der Waals surface area (Å²) in [4.78, 5) is 0. The first-order valence-corrected chi connectivity index (χ1v) is 5.76. The van der Waals surface area contributed by atoms with Crippen LogP contribution in [0.4, 0.5) is 0 Å². The summed E-state index contributed by atoms with van der Waals surface area (Å²) in [5, 5.41) is 12.0. The van der Waals surface area contributed by atoms with Gasteiger partial charge in [-0.25, -0.2) is 0 Å². The maximum atomic E-state index is 4.13. The van der Waals surface area contributed by atoms with Gasteiger partial charge in [0.2, 0.25) is 0 Å². The smallest absolute Gasteiger partial charge is 0.187 e. The van der Waals surface area contributed by atoms with Gasteiger partial charge in [0.1, 0.15) is 0 Å². The van der Waals surface area contributed by atoms with E-state index >= 15 is 0 Å². The van der Waals surface area contributed by atoms with E-state index in [1.807, 2.05) is 48.5 Å². The molecule has 0 bridgehead atoms. The van der Waals surface area contributed by atoms with Crippen LogP contribution in [0.25, 0.3) is 17.1 Å². The highest BCUT2D eigenvalue weighted by Crippen LogP contribution is 2.22. The van der Waals surface area contributed by atoms with E-state index in [0.717, 1.165) is 22.6 Å². The van der Waals surface area contributed by atoms with Crippen molar-refractivity contribution in [3.63, 3.8) is 0 Å². The molecule has 0 unspecified atom stereocenters. The zero-order valence-corrected chi connectivity index (χ0v) is 9.99. The number of hydrogen-bond donors (Lipinski definition) is 0. The molecule has 0 fully saturated rings. The minimum Gasteiger partial charge on any atom is -0.193 e. The van der Waals surface area contributed by atoms with Crippen LogP contribution in [0.5, 0.6) is 0 Å². The molecule has 0 aliphatic carbocycles. The molecule has 18 heavy (non-hydrogen) atoms. The average molecular weight is 236 g/mol. The van der Waals surface area contributed by atoms with Crippen LogP contribution < -0.4 is 0 Å². The van der Waals surface area contributed by atoms with Crippen LogP contribution in [0.15, 0.2) is 54.6 Å². The van der Waals surface area contributed by atoms with Crippen LogP contribution in [-0.4, -0.2) is 20.2 Å². The van der Waals surface area contributed by atoms with Crippen LogP contribution in [0.2, 0.25) is 0 Å². The van der Waals surface area contributed by atoms with Crippen LogP contribution in [0, 0.1) is 6.92 Å². The number of tetrazole rings is 1. The Morgan fingerprint density at radius 1 is 0.889 bits per heavy atom. The van der Waals surface area contributed by atoms with Gasteiger partial charge in [-0.2, -0.15) is 4.68 Å². The van der Waals surface area contributed by atoms with Crippen molar-refractivity contribution in [2.75, 3.05) is 0 Å². The zero-order chi connectivity index (χ0) is 12.4. The largest absolute Gasteiger partial charge is 0.193 e. The molecule has 2 aromatic carbocycles. The van der Waals surface area contributed by atoms with Crippen molar-refractivity contribution < 1.29 is 0 Å². The van der Waals surface area contributed by atoms with Crippen LogP contribution in [-0.2, 0) is 0 Å². The fourth-order valence-corrected chi connectivity index (χ4v) is 1.92. The average Bonchev–Trinajstić information content (AvgIpc) is 2.89. The third-order valence-corrected chi connectivity index (χ3v) is 2.86. The monoisotopic (exact) mass is 236 g/mol. The number of nitrogens with zero attached hydrogens (tertiary/aromatic N) is 4. The Morgan fingerprint density at radius 3 is 2.39 bits per heavy atom. The lowest BCUT2D eigenvalue weighted by Crippen LogP contribution is -2.00. The normalized spacial score (nSPS) is 10.5. The molecule has 4 heteroatoms. The summed E-state index contributed by atoms with van der Waals surface area (Å²) in [6.45, 7) is 2.05. The Kier molecular flexibility index (Phi) is 2.61. The Labute approximate surface area is 105 Å². The number of para-hydroxylation sites is 1. The molecular weight excluding hydrogens is 224 g/mol. The highest BCUT2D eigenvalue weighted by atomic mass is 15.5. The van der Waals surface area contributed by atoms with Crippen molar-refractivity contribution in [1.29, 1.82) is 0 Å². The second-order valence-corrected chi connectivity index (χ2v) is 4.06. The molecular formula is C14H12N4. The summed E-state index contributed by atoms with van der Waals surface area (Å²) in [7, 11) is 0. The molecule has 0 saturated carbocycles. The van der Waals surface area contributed by atoms with Gasteiger partial charge in [0.25, 0.3) is 0 Å². The van der Waals surface area contributed by atoms with E-state index in [1.54, 1.807) is 4.68 Å². The number of benzene rings is 2. The van der Waals surface area contributed by atoms with Crippen LogP contribution in [0.1, 0.15) is 5.56 Å². The SMILES string of the molecule is Cc1ccccc1-c1nnnn1-c1ccccc1. The molecule has 0 radical (unpaired) electrons. The fourth-order valence-electron chi connectivity index (χ4n) is 1.92. The first kappa shape index (κ1) is 10.7. The molecule has 4 nitrogen and oxygen atoms in total. The van der Waals surface area contributed by atoms with Gasteiger partial charge < -0.3 is 0 Å². The van der Waals surface area contributed by atoms with E-state index in [1.165, 1.54) is 0 Å². The van der Waals surface area contributed by atoms with Gasteiger partial charge in [-0.05, 0) is 35.0 Å². The van der Waals surface area contributed by atoms with Gasteiger partial charge in [0.05, 0.1) is 5.69 Å². The number of rotatable bonds is 2. The van der Waals surface area contributed by atoms with Gasteiger partial charge in [-0.1, -0.05) is 42.5 Å². The molecule has 0 saturated heterocycles. The summed E-state index contributed by atoms with van der Waals surface area (Å²) in [5.41, 5.74) is 3.16. The fraction of sp³-hybridized carbons (Fsp3) is 0.0714. The first-order chi connectivity index (χ1) is 8.86.